The first kappa shape index (κ1) is 14.4. The predicted octanol–water partition coefficient (Wildman–Crippen LogP) is 2.53. The molecule has 1 aromatic rings. The molecule has 1 aromatic carbocycles. The summed E-state index contributed by atoms with van der Waals surface area (Å²) in [5.41, 5.74) is 0.249. The third kappa shape index (κ3) is 3.95. The Morgan fingerprint density at radius 2 is 2.11 bits per heavy atom. The van der Waals surface area contributed by atoms with Gasteiger partial charge in [0.25, 0.3) is 0 Å². The van der Waals surface area contributed by atoms with E-state index in [-0.39, 0.29) is 5.54 Å². The highest BCUT2D eigenvalue weighted by Gasteiger charge is 2.32. The molecule has 0 aliphatic carbocycles. The molecule has 0 saturated carbocycles. The van der Waals surface area contributed by atoms with Gasteiger partial charge in [0.15, 0.2) is 0 Å². The van der Waals surface area contributed by atoms with E-state index in [4.69, 9.17) is 4.74 Å². The van der Waals surface area contributed by atoms with Gasteiger partial charge in [0.05, 0.1) is 0 Å². The van der Waals surface area contributed by atoms with E-state index in [1.807, 2.05) is 30.3 Å². The number of nitrogens with one attached hydrogen (secondary N) is 1. The Hall–Kier alpha value is -1.06. The summed E-state index contributed by atoms with van der Waals surface area (Å²) in [4.78, 5) is 2.53. The Balaban J connectivity index is 1.81. The van der Waals surface area contributed by atoms with Crippen LogP contribution in [0.25, 0.3) is 0 Å². The average Bonchev–Trinajstić information content (AvgIpc) is 2.44. The van der Waals surface area contributed by atoms with E-state index in [0.29, 0.717) is 6.04 Å². The van der Waals surface area contributed by atoms with Crippen LogP contribution in [0.2, 0.25) is 0 Å². The van der Waals surface area contributed by atoms with Crippen molar-refractivity contribution in [2.24, 2.45) is 0 Å². The first-order chi connectivity index (χ1) is 9.13. The van der Waals surface area contributed by atoms with Crippen LogP contribution in [-0.4, -0.2) is 42.7 Å². The lowest BCUT2D eigenvalue weighted by atomic mass is 9.94. The summed E-state index contributed by atoms with van der Waals surface area (Å²) in [7, 11) is 0. The van der Waals surface area contributed by atoms with Crippen molar-refractivity contribution in [1.82, 2.24) is 10.2 Å². The van der Waals surface area contributed by atoms with E-state index in [1.54, 1.807) is 0 Å². The van der Waals surface area contributed by atoms with Crippen molar-refractivity contribution in [1.29, 1.82) is 0 Å². The van der Waals surface area contributed by atoms with E-state index in [9.17, 15) is 0 Å². The van der Waals surface area contributed by atoms with Crippen LogP contribution in [0.5, 0.6) is 5.75 Å². The van der Waals surface area contributed by atoms with Crippen LogP contribution in [0.3, 0.4) is 0 Å². The SMILES string of the molecule is CCC1(C)CN(CCOc2ccccc2)C(C)CN1. The summed E-state index contributed by atoms with van der Waals surface area (Å²) in [6.45, 7) is 10.8. The summed E-state index contributed by atoms with van der Waals surface area (Å²) >= 11 is 0. The lowest BCUT2D eigenvalue weighted by molar-refractivity contribution is 0.0791. The maximum Gasteiger partial charge on any atom is 0.119 e. The standard InChI is InChI=1S/C16H26N2O/c1-4-16(3)13-18(14(2)12-17-16)10-11-19-15-8-6-5-7-9-15/h5-9,14,17H,4,10-13H2,1-3H3. The summed E-state index contributed by atoms with van der Waals surface area (Å²) in [6, 6.07) is 10.6. The van der Waals surface area contributed by atoms with Crippen LogP contribution in [0.4, 0.5) is 0 Å². The number of hydrogen-bond acceptors (Lipinski definition) is 3. The van der Waals surface area contributed by atoms with E-state index < -0.39 is 0 Å². The molecule has 3 nitrogen and oxygen atoms in total. The Morgan fingerprint density at radius 1 is 1.37 bits per heavy atom. The smallest absolute Gasteiger partial charge is 0.119 e. The van der Waals surface area contributed by atoms with Crippen molar-refractivity contribution in [3.05, 3.63) is 30.3 Å². The number of rotatable bonds is 5. The van der Waals surface area contributed by atoms with Gasteiger partial charge in [0.1, 0.15) is 12.4 Å². The third-order valence-corrected chi connectivity index (χ3v) is 4.17. The molecule has 1 saturated heterocycles. The fourth-order valence-corrected chi connectivity index (χ4v) is 2.52. The zero-order valence-corrected chi connectivity index (χ0v) is 12.4. The third-order valence-electron chi connectivity index (χ3n) is 4.17. The van der Waals surface area contributed by atoms with Crippen LogP contribution >= 0.6 is 0 Å². The number of ether oxygens (including phenoxy) is 1. The Bertz CT molecular complexity index is 382. The highest BCUT2D eigenvalue weighted by Crippen LogP contribution is 2.18. The molecule has 1 aliphatic heterocycles. The monoisotopic (exact) mass is 262 g/mol. The second kappa shape index (κ2) is 6.40. The first-order valence-corrected chi connectivity index (χ1v) is 7.30. The van der Waals surface area contributed by atoms with Gasteiger partial charge in [-0.2, -0.15) is 0 Å². The van der Waals surface area contributed by atoms with Gasteiger partial charge >= 0.3 is 0 Å². The fourth-order valence-electron chi connectivity index (χ4n) is 2.52. The number of benzene rings is 1. The van der Waals surface area contributed by atoms with Gasteiger partial charge in [-0.1, -0.05) is 25.1 Å². The molecule has 2 atom stereocenters. The molecule has 2 unspecified atom stereocenters. The van der Waals surface area contributed by atoms with Gasteiger partial charge in [-0.15, -0.1) is 0 Å². The number of nitrogens with zero attached hydrogens (tertiary/aromatic N) is 1. The van der Waals surface area contributed by atoms with Gasteiger partial charge < -0.3 is 10.1 Å². The van der Waals surface area contributed by atoms with E-state index in [2.05, 4.69) is 31.0 Å². The van der Waals surface area contributed by atoms with E-state index in [1.165, 1.54) is 0 Å². The number of piperazine rings is 1. The lowest BCUT2D eigenvalue weighted by Crippen LogP contribution is -2.62. The molecule has 106 valence electrons. The predicted molar refractivity (Wildman–Crippen MR) is 79.7 cm³/mol. The van der Waals surface area contributed by atoms with Crippen molar-refractivity contribution in [3.63, 3.8) is 0 Å². The Labute approximate surface area is 116 Å². The lowest BCUT2D eigenvalue weighted by Gasteiger charge is -2.44. The minimum atomic E-state index is 0.249. The van der Waals surface area contributed by atoms with E-state index >= 15 is 0 Å². The van der Waals surface area contributed by atoms with Gasteiger partial charge in [-0.25, -0.2) is 0 Å². The second-order valence-corrected chi connectivity index (χ2v) is 5.78. The van der Waals surface area contributed by atoms with Crippen molar-refractivity contribution in [2.75, 3.05) is 26.2 Å². The summed E-state index contributed by atoms with van der Waals surface area (Å²) < 4.78 is 5.80. The molecule has 0 spiro atoms. The summed E-state index contributed by atoms with van der Waals surface area (Å²) in [6.07, 6.45) is 1.16. The molecule has 1 aliphatic rings. The molecule has 3 heteroatoms. The minimum absolute atomic E-state index is 0.249. The second-order valence-electron chi connectivity index (χ2n) is 5.78. The van der Waals surface area contributed by atoms with Crippen LogP contribution < -0.4 is 10.1 Å². The zero-order chi connectivity index (χ0) is 13.7. The van der Waals surface area contributed by atoms with Crippen LogP contribution in [0.1, 0.15) is 27.2 Å². The molecule has 0 aromatic heterocycles. The largest absolute Gasteiger partial charge is 0.492 e. The van der Waals surface area contributed by atoms with Crippen molar-refractivity contribution in [3.8, 4) is 5.75 Å². The number of hydrogen-bond donors (Lipinski definition) is 1. The van der Waals surface area contributed by atoms with Crippen molar-refractivity contribution < 1.29 is 4.74 Å². The van der Waals surface area contributed by atoms with Crippen LogP contribution in [0.15, 0.2) is 30.3 Å². The Morgan fingerprint density at radius 3 is 2.79 bits per heavy atom. The molecule has 1 heterocycles. The van der Waals surface area contributed by atoms with Gasteiger partial charge in [0, 0.05) is 31.2 Å². The van der Waals surface area contributed by atoms with Crippen LogP contribution in [-0.2, 0) is 0 Å². The fraction of sp³-hybridized carbons (Fsp3) is 0.625. The Kier molecular flexibility index (Phi) is 4.83. The maximum absolute atomic E-state index is 5.80. The highest BCUT2D eigenvalue weighted by molar-refractivity contribution is 5.20. The van der Waals surface area contributed by atoms with Gasteiger partial charge in [-0.3, -0.25) is 4.90 Å². The molecule has 0 bridgehead atoms. The molecule has 2 rings (SSSR count). The molecule has 0 radical (unpaired) electrons. The maximum atomic E-state index is 5.80. The quantitative estimate of drug-likeness (QED) is 0.882. The van der Waals surface area contributed by atoms with E-state index in [0.717, 1.165) is 38.4 Å². The molecule has 1 fully saturated rings. The first-order valence-electron chi connectivity index (χ1n) is 7.30. The van der Waals surface area contributed by atoms with Crippen molar-refractivity contribution >= 4 is 0 Å². The normalized spacial score (nSPS) is 28.3. The molecule has 19 heavy (non-hydrogen) atoms. The zero-order valence-electron chi connectivity index (χ0n) is 12.4. The average molecular weight is 262 g/mol. The molecular formula is C16H26N2O. The van der Waals surface area contributed by atoms with Crippen LogP contribution in [0, 0.1) is 0 Å². The highest BCUT2D eigenvalue weighted by atomic mass is 16.5. The number of para-hydroxylation sites is 1. The van der Waals surface area contributed by atoms with Crippen molar-refractivity contribution in [2.45, 2.75) is 38.8 Å². The summed E-state index contributed by atoms with van der Waals surface area (Å²) in [5.74, 6) is 0.962. The summed E-state index contributed by atoms with van der Waals surface area (Å²) in [5, 5.41) is 3.65. The minimum Gasteiger partial charge on any atom is -0.492 e. The molecule has 0 amide bonds. The van der Waals surface area contributed by atoms with Gasteiger partial charge in [0.2, 0.25) is 0 Å². The topological polar surface area (TPSA) is 24.5 Å². The van der Waals surface area contributed by atoms with Gasteiger partial charge in [-0.05, 0) is 32.4 Å². The molecule has 1 N–H and O–H groups in total. The molecular weight excluding hydrogens is 236 g/mol.